The molecule has 1 fully saturated rings. The van der Waals surface area contributed by atoms with Crippen LogP contribution in [0.3, 0.4) is 0 Å². The minimum absolute atomic E-state index is 0.463. The number of nitrogens with two attached hydrogens (primary N) is 1. The highest BCUT2D eigenvalue weighted by molar-refractivity contribution is 7.80. The molecule has 0 aromatic heterocycles. The lowest BCUT2D eigenvalue weighted by molar-refractivity contribution is 0.0318. The first-order chi connectivity index (χ1) is 6.83. The Morgan fingerprint density at radius 3 is 2.71 bits per heavy atom. The Hall–Kier alpha value is -0.390. The predicted octanol–water partition coefficient (Wildman–Crippen LogP) is 0.673. The molecule has 1 saturated carbocycles. The second-order valence-electron chi connectivity index (χ2n) is 3.53. The lowest BCUT2D eigenvalue weighted by Gasteiger charge is -2.22. The monoisotopic (exact) mass is 217 g/mol. The summed E-state index contributed by atoms with van der Waals surface area (Å²) >= 11 is 4.82. The molecule has 0 radical (unpaired) electrons. The van der Waals surface area contributed by atoms with Crippen LogP contribution in [0.25, 0.3) is 0 Å². The third kappa shape index (κ3) is 4.74. The van der Waals surface area contributed by atoms with Crippen molar-refractivity contribution in [2.75, 3.05) is 13.2 Å². The Kier molecular flexibility index (Phi) is 5.82. The van der Waals surface area contributed by atoms with Gasteiger partial charge in [0.05, 0.1) is 12.7 Å². The van der Waals surface area contributed by atoms with Gasteiger partial charge in [-0.2, -0.15) is 0 Å². The van der Waals surface area contributed by atoms with Crippen LogP contribution < -0.4 is 16.6 Å². The van der Waals surface area contributed by atoms with Crippen molar-refractivity contribution in [3.8, 4) is 0 Å². The van der Waals surface area contributed by atoms with E-state index in [1.165, 1.54) is 32.1 Å². The van der Waals surface area contributed by atoms with Crippen LogP contribution in [-0.2, 0) is 4.74 Å². The molecule has 0 saturated heterocycles. The third-order valence-corrected chi connectivity index (χ3v) is 2.69. The first kappa shape index (κ1) is 11.7. The van der Waals surface area contributed by atoms with E-state index >= 15 is 0 Å². The third-order valence-electron chi connectivity index (χ3n) is 2.42. The average Bonchev–Trinajstić information content (AvgIpc) is 2.25. The van der Waals surface area contributed by atoms with Gasteiger partial charge in [0.2, 0.25) is 0 Å². The summed E-state index contributed by atoms with van der Waals surface area (Å²) in [6, 6.07) is 0. The highest BCUT2D eigenvalue weighted by Gasteiger charge is 2.12. The Morgan fingerprint density at radius 2 is 2.07 bits per heavy atom. The summed E-state index contributed by atoms with van der Waals surface area (Å²) in [5, 5.41) is 3.41. The molecule has 0 heterocycles. The molecule has 4 N–H and O–H groups in total. The van der Waals surface area contributed by atoms with Gasteiger partial charge < -0.3 is 15.5 Å². The molecule has 0 atom stereocenters. The normalized spacial score (nSPS) is 17.8. The first-order valence-corrected chi connectivity index (χ1v) is 5.60. The second-order valence-corrected chi connectivity index (χ2v) is 3.94. The van der Waals surface area contributed by atoms with Gasteiger partial charge in [0.1, 0.15) is 0 Å². The quantitative estimate of drug-likeness (QED) is 0.280. The number of nitrogens with one attached hydrogen (secondary N) is 2. The topological polar surface area (TPSA) is 59.3 Å². The number of hydrogen-bond donors (Lipinski definition) is 3. The zero-order valence-electron chi connectivity index (χ0n) is 8.42. The number of rotatable bonds is 4. The fourth-order valence-corrected chi connectivity index (χ4v) is 1.78. The Bertz CT molecular complexity index is 171. The molecule has 0 aliphatic heterocycles. The molecular weight excluding hydrogens is 198 g/mol. The van der Waals surface area contributed by atoms with Crippen molar-refractivity contribution in [2.24, 2.45) is 5.84 Å². The molecule has 1 aliphatic carbocycles. The highest BCUT2D eigenvalue weighted by Crippen LogP contribution is 2.19. The van der Waals surface area contributed by atoms with E-state index < -0.39 is 0 Å². The molecule has 0 aromatic carbocycles. The van der Waals surface area contributed by atoms with Crippen LogP contribution in [0.15, 0.2) is 0 Å². The van der Waals surface area contributed by atoms with Crippen molar-refractivity contribution in [3.05, 3.63) is 0 Å². The lowest BCUT2D eigenvalue weighted by Crippen LogP contribution is -2.41. The maximum absolute atomic E-state index is 5.69. The van der Waals surface area contributed by atoms with Gasteiger partial charge in [0.25, 0.3) is 0 Å². The van der Waals surface area contributed by atoms with E-state index in [4.69, 9.17) is 22.8 Å². The van der Waals surface area contributed by atoms with Gasteiger partial charge >= 0.3 is 0 Å². The summed E-state index contributed by atoms with van der Waals surface area (Å²) < 4.78 is 5.69. The summed E-state index contributed by atoms with van der Waals surface area (Å²) in [6.45, 7) is 1.42. The summed E-state index contributed by atoms with van der Waals surface area (Å²) in [5.74, 6) is 5.10. The number of thiocarbonyl (C=S) groups is 1. The van der Waals surface area contributed by atoms with Crippen LogP contribution >= 0.6 is 12.2 Å². The molecule has 0 bridgehead atoms. The Labute approximate surface area is 90.5 Å². The molecule has 0 unspecified atom stereocenters. The molecule has 4 nitrogen and oxygen atoms in total. The van der Waals surface area contributed by atoms with E-state index in [0.717, 1.165) is 6.54 Å². The maximum Gasteiger partial charge on any atom is 0.180 e. The standard InChI is InChI=1S/C9H19N3OS/c10-12-9(14)11-6-7-13-8-4-2-1-3-5-8/h8H,1-7,10H2,(H2,11,12,14). The number of hydrazine groups is 1. The van der Waals surface area contributed by atoms with Crippen LogP contribution in [0.1, 0.15) is 32.1 Å². The molecule has 5 heteroatoms. The van der Waals surface area contributed by atoms with Gasteiger partial charge in [-0.1, -0.05) is 19.3 Å². The summed E-state index contributed by atoms with van der Waals surface area (Å²) in [4.78, 5) is 0. The van der Waals surface area contributed by atoms with E-state index in [-0.39, 0.29) is 0 Å². The van der Waals surface area contributed by atoms with Crippen molar-refractivity contribution < 1.29 is 4.74 Å². The van der Waals surface area contributed by atoms with Gasteiger partial charge in [0.15, 0.2) is 5.11 Å². The van der Waals surface area contributed by atoms with Crippen molar-refractivity contribution >= 4 is 17.3 Å². The molecule has 1 rings (SSSR count). The number of hydrogen-bond acceptors (Lipinski definition) is 3. The van der Waals surface area contributed by atoms with Gasteiger partial charge in [-0.05, 0) is 25.1 Å². The number of ether oxygens (including phenoxy) is 1. The molecule has 0 spiro atoms. The van der Waals surface area contributed by atoms with E-state index in [2.05, 4.69) is 10.7 Å². The van der Waals surface area contributed by atoms with E-state index in [0.29, 0.717) is 17.8 Å². The first-order valence-electron chi connectivity index (χ1n) is 5.19. The average molecular weight is 217 g/mol. The zero-order valence-corrected chi connectivity index (χ0v) is 9.24. The highest BCUT2D eigenvalue weighted by atomic mass is 32.1. The van der Waals surface area contributed by atoms with Crippen molar-refractivity contribution in [2.45, 2.75) is 38.2 Å². The second kappa shape index (κ2) is 6.98. The van der Waals surface area contributed by atoms with Gasteiger partial charge in [-0.3, -0.25) is 0 Å². The van der Waals surface area contributed by atoms with Crippen LogP contribution in [-0.4, -0.2) is 24.4 Å². The van der Waals surface area contributed by atoms with Crippen molar-refractivity contribution in [1.29, 1.82) is 0 Å². The summed E-state index contributed by atoms with van der Waals surface area (Å²) in [6.07, 6.45) is 6.85. The Morgan fingerprint density at radius 1 is 1.36 bits per heavy atom. The Balaban J connectivity index is 1.94. The molecule has 0 amide bonds. The van der Waals surface area contributed by atoms with Crippen LogP contribution in [0.4, 0.5) is 0 Å². The van der Waals surface area contributed by atoms with Crippen molar-refractivity contribution in [1.82, 2.24) is 10.7 Å². The fourth-order valence-electron chi connectivity index (χ4n) is 1.67. The smallest absolute Gasteiger partial charge is 0.180 e. The molecular formula is C9H19N3OS. The summed E-state index contributed by atoms with van der Waals surface area (Å²) in [5.41, 5.74) is 2.37. The minimum Gasteiger partial charge on any atom is -0.376 e. The summed E-state index contributed by atoms with van der Waals surface area (Å²) in [7, 11) is 0. The van der Waals surface area contributed by atoms with E-state index in [1.54, 1.807) is 0 Å². The molecule has 14 heavy (non-hydrogen) atoms. The van der Waals surface area contributed by atoms with Gasteiger partial charge in [-0.15, -0.1) is 0 Å². The largest absolute Gasteiger partial charge is 0.376 e. The predicted molar refractivity (Wildman–Crippen MR) is 60.7 cm³/mol. The SMILES string of the molecule is NNC(=S)NCCOC1CCCCC1. The molecule has 1 aliphatic rings. The van der Waals surface area contributed by atoms with E-state index in [9.17, 15) is 0 Å². The van der Waals surface area contributed by atoms with Gasteiger partial charge in [-0.25, -0.2) is 5.84 Å². The van der Waals surface area contributed by atoms with E-state index in [1.807, 2.05) is 0 Å². The van der Waals surface area contributed by atoms with Crippen LogP contribution in [0.2, 0.25) is 0 Å². The molecule has 82 valence electrons. The lowest BCUT2D eigenvalue weighted by atomic mass is 9.98. The van der Waals surface area contributed by atoms with Crippen LogP contribution in [0, 0.1) is 0 Å². The minimum atomic E-state index is 0.463. The maximum atomic E-state index is 5.69. The fraction of sp³-hybridized carbons (Fsp3) is 0.889. The van der Waals surface area contributed by atoms with Crippen LogP contribution in [0.5, 0.6) is 0 Å². The zero-order chi connectivity index (χ0) is 10.2. The van der Waals surface area contributed by atoms with Crippen molar-refractivity contribution in [3.63, 3.8) is 0 Å². The van der Waals surface area contributed by atoms with Gasteiger partial charge in [0, 0.05) is 6.54 Å². The molecule has 0 aromatic rings.